The highest BCUT2D eigenvalue weighted by Crippen LogP contribution is 2.34. The minimum atomic E-state index is 0.969. The van der Waals surface area contributed by atoms with Crippen molar-refractivity contribution in [1.29, 1.82) is 0 Å². The van der Waals surface area contributed by atoms with E-state index in [1.165, 1.54) is 44.5 Å². The van der Waals surface area contributed by atoms with Gasteiger partial charge in [0.2, 0.25) is 0 Å². The van der Waals surface area contributed by atoms with Crippen LogP contribution in [0.15, 0.2) is 18.2 Å². The zero-order valence-corrected chi connectivity index (χ0v) is 11.2. The van der Waals surface area contributed by atoms with Crippen LogP contribution >= 0.6 is 0 Å². The summed E-state index contributed by atoms with van der Waals surface area (Å²) in [5, 5.41) is 3.12. The molecule has 0 saturated heterocycles. The third-order valence-electron chi connectivity index (χ3n) is 3.88. The highest BCUT2D eigenvalue weighted by molar-refractivity contribution is 5.34. The molecular formula is C15H23N3. The Morgan fingerprint density at radius 2 is 1.83 bits per heavy atom. The molecule has 3 nitrogen and oxygen atoms in total. The minimum absolute atomic E-state index is 0.969. The molecule has 1 N–H and O–H groups in total. The molecule has 3 rings (SSSR count). The maximum atomic E-state index is 4.63. The molecule has 0 radical (unpaired) electrons. The van der Waals surface area contributed by atoms with Crippen LogP contribution in [0.5, 0.6) is 0 Å². The molecule has 2 aliphatic rings. The summed E-state index contributed by atoms with van der Waals surface area (Å²) in [4.78, 5) is 7.26. The summed E-state index contributed by atoms with van der Waals surface area (Å²) >= 11 is 0. The summed E-state index contributed by atoms with van der Waals surface area (Å²) in [5.74, 6) is 2.91. The van der Waals surface area contributed by atoms with Crippen LogP contribution in [0.4, 0.5) is 5.82 Å². The van der Waals surface area contributed by atoms with Crippen molar-refractivity contribution in [2.24, 2.45) is 11.8 Å². The van der Waals surface area contributed by atoms with Crippen molar-refractivity contribution in [3.63, 3.8) is 0 Å². The van der Waals surface area contributed by atoms with Crippen molar-refractivity contribution < 1.29 is 0 Å². The van der Waals surface area contributed by atoms with Crippen LogP contribution < -0.4 is 5.32 Å². The van der Waals surface area contributed by atoms with Crippen molar-refractivity contribution in [3.8, 4) is 0 Å². The van der Waals surface area contributed by atoms with Crippen LogP contribution in [-0.2, 0) is 6.54 Å². The van der Waals surface area contributed by atoms with E-state index >= 15 is 0 Å². The van der Waals surface area contributed by atoms with Crippen LogP contribution in [0, 0.1) is 11.8 Å². The summed E-state index contributed by atoms with van der Waals surface area (Å²) in [6.45, 7) is 3.58. The lowest BCUT2D eigenvalue weighted by molar-refractivity contribution is 0.241. The molecule has 2 saturated carbocycles. The minimum Gasteiger partial charge on any atom is -0.373 e. The largest absolute Gasteiger partial charge is 0.373 e. The molecule has 98 valence electrons. The molecule has 2 fully saturated rings. The van der Waals surface area contributed by atoms with Gasteiger partial charge in [0.1, 0.15) is 5.82 Å². The fourth-order valence-electron chi connectivity index (χ4n) is 2.47. The molecule has 0 amide bonds. The van der Waals surface area contributed by atoms with Crippen molar-refractivity contribution in [3.05, 3.63) is 23.9 Å². The third-order valence-corrected chi connectivity index (χ3v) is 3.88. The Morgan fingerprint density at radius 1 is 1.17 bits per heavy atom. The molecule has 1 heterocycles. The normalized spacial score (nSPS) is 19.2. The van der Waals surface area contributed by atoms with Gasteiger partial charge in [-0.2, -0.15) is 0 Å². The van der Waals surface area contributed by atoms with Crippen molar-refractivity contribution >= 4 is 5.82 Å². The summed E-state index contributed by atoms with van der Waals surface area (Å²) < 4.78 is 0. The Morgan fingerprint density at radius 3 is 2.39 bits per heavy atom. The zero-order chi connectivity index (χ0) is 12.4. The number of nitrogens with zero attached hydrogens (tertiary/aromatic N) is 2. The summed E-state index contributed by atoms with van der Waals surface area (Å²) in [6, 6.07) is 6.27. The van der Waals surface area contributed by atoms with Gasteiger partial charge >= 0.3 is 0 Å². The van der Waals surface area contributed by atoms with Crippen LogP contribution in [-0.4, -0.2) is 30.0 Å². The van der Waals surface area contributed by atoms with Crippen LogP contribution in [0.2, 0.25) is 0 Å². The second-order valence-electron chi connectivity index (χ2n) is 5.84. The number of rotatable bonds is 7. The van der Waals surface area contributed by atoms with E-state index in [1.54, 1.807) is 0 Å². The molecule has 2 aliphatic carbocycles. The van der Waals surface area contributed by atoms with Crippen LogP contribution in [0.3, 0.4) is 0 Å². The molecular weight excluding hydrogens is 222 g/mol. The van der Waals surface area contributed by atoms with Gasteiger partial charge in [0.15, 0.2) is 0 Å². The zero-order valence-electron chi connectivity index (χ0n) is 11.2. The fraction of sp³-hybridized carbons (Fsp3) is 0.667. The summed E-state index contributed by atoms with van der Waals surface area (Å²) in [6.07, 6.45) is 5.74. The van der Waals surface area contributed by atoms with E-state index in [4.69, 9.17) is 0 Å². The van der Waals surface area contributed by atoms with Crippen molar-refractivity contribution in [1.82, 2.24) is 9.88 Å². The summed E-state index contributed by atoms with van der Waals surface area (Å²) in [5.41, 5.74) is 1.20. The van der Waals surface area contributed by atoms with E-state index in [0.29, 0.717) is 0 Å². The first-order valence-corrected chi connectivity index (χ1v) is 7.19. The number of hydrogen-bond donors (Lipinski definition) is 1. The van der Waals surface area contributed by atoms with E-state index in [9.17, 15) is 0 Å². The fourth-order valence-corrected chi connectivity index (χ4v) is 2.47. The highest BCUT2D eigenvalue weighted by atomic mass is 15.1. The van der Waals surface area contributed by atoms with Gasteiger partial charge in [0.25, 0.3) is 0 Å². The van der Waals surface area contributed by atoms with Gasteiger partial charge in [-0.05, 0) is 49.7 Å². The number of pyridine rings is 1. The number of aromatic nitrogens is 1. The quantitative estimate of drug-likeness (QED) is 0.800. The molecule has 0 spiro atoms. The molecule has 18 heavy (non-hydrogen) atoms. The Kier molecular flexibility index (Phi) is 3.50. The van der Waals surface area contributed by atoms with E-state index < -0.39 is 0 Å². The van der Waals surface area contributed by atoms with Crippen LogP contribution in [0.25, 0.3) is 0 Å². The van der Waals surface area contributed by atoms with E-state index in [2.05, 4.69) is 27.3 Å². The maximum absolute atomic E-state index is 4.63. The second kappa shape index (κ2) is 5.27. The van der Waals surface area contributed by atoms with Gasteiger partial charge in [-0.15, -0.1) is 0 Å². The molecule has 0 atom stereocenters. The second-order valence-corrected chi connectivity index (χ2v) is 5.84. The van der Waals surface area contributed by atoms with Gasteiger partial charge in [-0.25, -0.2) is 4.98 Å². The number of anilines is 1. The van der Waals surface area contributed by atoms with Gasteiger partial charge in [-0.1, -0.05) is 6.07 Å². The molecule has 3 heteroatoms. The summed E-state index contributed by atoms with van der Waals surface area (Å²) in [7, 11) is 1.93. The first-order valence-electron chi connectivity index (χ1n) is 7.19. The topological polar surface area (TPSA) is 28.2 Å². The van der Waals surface area contributed by atoms with Gasteiger partial charge in [0, 0.05) is 26.7 Å². The lowest BCUT2D eigenvalue weighted by Gasteiger charge is -2.21. The number of hydrogen-bond acceptors (Lipinski definition) is 3. The van der Waals surface area contributed by atoms with Crippen LogP contribution in [0.1, 0.15) is 31.4 Å². The Bertz CT molecular complexity index is 382. The predicted octanol–water partition coefficient (Wildman–Crippen LogP) is 2.75. The monoisotopic (exact) mass is 245 g/mol. The van der Waals surface area contributed by atoms with E-state index in [1.807, 2.05) is 13.1 Å². The molecule has 0 bridgehead atoms. The first-order chi connectivity index (χ1) is 8.83. The molecule has 1 aromatic heterocycles. The molecule has 0 aliphatic heterocycles. The SMILES string of the molecule is CNc1cccc(CN(CC2CC2)CC2CC2)n1. The third kappa shape index (κ3) is 3.45. The average molecular weight is 245 g/mol. The van der Waals surface area contributed by atoms with Crippen molar-refractivity contribution in [2.75, 3.05) is 25.5 Å². The smallest absolute Gasteiger partial charge is 0.126 e. The van der Waals surface area contributed by atoms with Gasteiger partial charge in [0.05, 0.1) is 5.69 Å². The average Bonchev–Trinajstić information content (AvgIpc) is 3.25. The lowest BCUT2D eigenvalue weighted by Crippen LogP contribution is -2.28. The van der Waals surface area contributed by atoms with E-state index in [0.717, 1.165) is 24.2 Å². The highest BCUT2D eigenvalue weighted by Gasteiger charge is 2.29. The Labute approximate surface area is 110 Å². The molecule has 0 aromatic carbocycles. The number of nitrogens with one attached hydrogen (secondary N) is 1. The predicted molar refractivity (Wildman–Crippen MR) is 74.5 cm³/mol. The van der Waals surface area contributed by atoms with Crippen molar-refractivity contribution in [2.45, 2.75) is 32.2 Å². The molecule has 1 aromatic rings. The standard InChI is InChI=1S/C15H23N3/c1-16-15-4-2-3-14(17-15)11-18(9-12-5-6-12)10-13-7-8-13/h2-4,12-13H,5-11H2,1H3,(H,16,17). The Hall–Kier alpha value is -1.09. The first kappa shape index (κ1) is 12.0. The van der Waals surface area contributed by atoms with E-state index in [-0.39, 0.29) is 0 Å². The maximum Gasteiger partial charge on any atom is 0.126 e. The van der Waals surface area contributed by atoms with Gasteiger partial charge < -0.3 is 5.32 Å². The lowest BCUT2D eigenvalue weighted by atomic mass is 10.2. The van der Waals surface area contributed by atoms with Gasteiger partial charge in [-0.3, -0.25) is 4.90 Å². The molecule has 0 unspecified atom stereocenters. The Balaban J connectivity index is 1.61.